The summed E-state index contributed by atoms with van der Waals surface area (Å²) >= 11 is 11.0. The van der Waals surface area contributed by atoms with Crippen molar-refractivity contribution in [2.45, 2.75) is 31.5 Å². The molecule has 1 saturated heterocycles. The van der Waals surface area contributed by atoms with Crippen molar-refractivity contribution in [1.29, 1.82) is 0 Å². The number of primary amides is 1. The molecule has 0 saturated carbocycles. The van der Waals surface area contributed by atoms with Crippen LogP contribution < -0.4 is 16.0 Å². The van der Waals surface area contributed by atoms with Crippen LogP contribution >= 0.6 is 39.3 Å². The maximum absolute atomic E-state index is 12.3. The number of carbonyl (C=O) groups is 2. The van der Waals surface area contributed by atoms with E-state index in [2.05, 4.69) is 36.1 Å². The molecule has 1 aromatic heterocycles. The molecule has 1 aromatic carbocycles. The zero-order valence-corrected chi connectivity index (χ0v) is 22.0. The van der Waals surface area contributed by atoms with Crippen molar-refractivity contribution in [2.24, 2.45) is 5.73 Å². The minimum atomic E-state index is -0.717. The number of thioether (sulfide) groups is 1. The Morgan fingerprint density at radius 2 is 1.88 bits per heavy atom. The predicted molar refractivity (Wildman–Crippen MR) is 135 cm³/mol. The van der Waals surface area contributed by atoms with Gasteiger partial charge in [-0.2, -0.15) is 0 Å². The predicted octanol–water partition coefficient (Wildman–Crippen LogP) is 4.51. The maximum atomic E-state index is 12.3. The lowest BCUT2D eigenvalue weighted by Gasteiger charge is -2.36. The summed E-state index contributed by atoms with van der Waals surface area (Å²) < 4.78 is 6.23. The standard InChI is InChI=1S/C21H26BrClN6O3S/c1-21(2,3)32-20(31)29-9-7-28(8-10-29)12-5-6-14(13(22)11-12)25-18-15(17(24)30)16(23)26-19(27-18)33-4/h5-6,11H,7-10H2,1-4H3,(H2,24,30)(H,25,26,27). The van der Waals surface area contributed by atoms with Gasteiger partial charge in [0.15, 0.2) is 5.16 Å². The van der Waals surface area contributed by atoms with Crippen molar-refractivity contribution in [2.75, 3.05) is 42.7 Å². The molecule has 3 N–H and O–H groups in total. The van der Waals surface area contributed by atoms with E-state index in [9.17, 15) is 9.59 Å². The van der Waals surface area contributed by atoms with Gasteiger partial charge in [0.1, 0.15) is 22.1 Å². The number of halogens is 2. The van der Waals surface area contributed by atoms with Crippen LogP contribution in [0.5, 0.6) is 0 Å². The van der Waals surface area contributed by atoms with Gasteiger partial charge < -0.3 is 25.6 Å². The lowest BCUT2D eigenvalue weighted by molar-refractivity contribution is 0.0240. The van der Waals surface area contributed by atoms with Gasteiger partial charge in [-0.25, -0.2) is 14.8 Å². The van der Waals surface area contributed by atoms with Crippen LogP contribution in [0, 0.1) is 0 Å². The fourth-order valence-electron chi connectivity index (χ4n) is 3.22. The molecule has 1 fully saturated rings. The number of nitrogens with two attached hydrogens (primary N) is 1. The van der Waals surface area contributed by atoms with Gasteiger partial charge in [0.25, 0.3) is 5.91 Å². The third-order valence-corrected chi connectivity index (χ3v) is 6.25. The minimum absolute atomic E-state index is 0.0000456. The number of benzene rings is 1. The Bertz CT molecular complexity index is 1060. The van der Waals surface area contributed by atoms with E-state index in [1.165, 1.54) is 11.8 Å². The number of hydrogen-bond donors (Lipinski definition) is 2. The normalized spacial score (nSPS) is 14.2. The average molecular weight is 558 g/mol. The molecule has 0 bridgehead atoms. The molecule has 0 unspecified atom stereocenters. The molecule has 2 amide bonds. The number of anilines is 3. The zero-order valence-electron chi connectivity index (χ0n) is 18.8. The van der Waals surface area contributed by atoms with E-state index in [1.54, 1.807) is 4.90 Å². The summed E-state index contributed by atoms with van der Waals surface area (Å²) in [5.41, 5.74) is 6.69. The van der Waals surface area contributed by atoms with Gasteiger partial charge in [-0.05, 0) is 61.2 Å². The molecule has 9 nitrogen and oxygen atoms in total. The Kier molecular flexibility index (Phi) is 7.96. The van der Waals surface area contributed by atoms with Gasteiger partial charge in [-0.1, -0.05) is 23.4 Å². The van der Waals surface area contributed by atoms with Crippen molar-refractivity contribution >= 4 is 68.5 Å². The molecule has 2 heterocycles. The molecule has 1 aliphatic heterocycles. The number of hydrogen-bond acceptors (Lipinski definition) is 8. The van der Waals surface area contributed by atoms with E-state index in [-0.39, 0.29) is 22.6 Å². The largest absolute Gasteiger partial charge is 0.444 e. The van der Waals surface area contributed by atoms with Gasteiger partial charge in [0, 0.05) is 36.3 Å². The van der Waals surface area contributed by atoms with Gasteiger partial charge in [-0.15, -0.1) is 0 Å². The summed E-state index contributed by atoms with van der Waals surface area (Å²) in [6.07, 6.45) is 1.52. The van der Waals surface area contributed by atoms with E-state index < -0.39 is 11.5 Å². The Balaban J connectivity index is 1.73. The molecule has 1 aliphatic rings. The van der Waals surface area contributed by atoms with E-state index in [4.69, 9.17) is 22.1 Å². The molecule has 0 atom stereocenters. The summed E-state index contributed by atoms with van der Waals surface area (Å²) in [6, 6.07) is 5.80. The SMILES string of the molecule is CSc1nc(Cl)c(C(N)=O)c(Nc2ccc(N3CCN(C(=O)OC(C)(C)C)CC3)cc2Br)n1. The number of nitrogens with one attached hydrogen (secondary N) is 1. The lowest BCUT2D eigenvalue weighted by Crippen LogP contribution is -2.50. The first-order valence-electron chi connectivity index (χ1n) is 10.2. The van der Waals surface area contributed by atoms with Crippen LogP contribution in [0.25, 0.3) is 0 Å². The molecule has 178 valence electrons. The molecule has 33 heavy (non-hydrogen) atoms. The van der Waals surface area contributed by atoms with Gasteiger partial charge in [0.2, 0.25) is 0 Å². The van der Waals surface area contributed by atoms with E-state index in [0.29, 0.717) is 37.0 Å². The van der Waals surface area contributed by atoms with E-state index >= 15 is 0 Å². The van der Waals surface area contributed by atoms with Crippen molar-refractivity contribution in [3.63, 3.8) is 0 Å². The van der Waals surface area contributed by atoms with Crippen LogP contribution in [0.15, 0.2) is 27.8 Å². The van der Waals surface area contributed by atoms with Crippen LogP contribution in [0.3, 0.4) is 0 Å². The quantitative estimate of drug-likeness (QED) is 0.314. The van der Waals surface area contributed by atoms with Crippen molar-refractivity contribution in [1.82, 2.24) is 14.9 Å². The molecule has 0 spiro atoms. The maximum Gasteiger partial charge on any atom is 0.410 e. The first-order chi connectivity index (χ1) is 15.5. The Morgan fingerprint density at radius 1 is 1.21 bits per heavy atom. The molecule has 12 heteroatoms. The number of nitrogens with zero attached hydrogens (tertiary/aromatic N) is 4. The second-order valence-corrected chi connectivity index (χ2v) is 10.3. The molecule has 3 rings (SSSR count). The molecule has 2 aromatic rings. The highest BCUT2D eigenvalue weighted by molar-refractivity contribution is 9.10. The first-order valence-corrected chi connectivity index (χ1v) is 12.6. The van der Waals surface area contributed by atoms with Crippen LogP contribution in [-0.4, -0.2) is 64.9 Å². The van der Waals surface area contributed by atoms with Crippen molar-refractivity contribution < 1.29 is 14.3 Å². The Hall–Kier alpha value is -2.24. The average Bonchev–Trinajstić information content (AvgIpc) is 2.73. The van der Waals surface area contributed by atoms with Crippen LogP contribution in [0.4, 0.5) is 22.0 Å². The number of amides is 2. The van der Waals surface area contributed by atoms with Crippen molar-refractivity contribution in [3.8, 4) is 0 Å². The zero-order chi connectivity index (χ0) is 24.3. The smallest absolute Gasteiger partial charge is 0.410 e. The summed E-state index contributed by atoms with van der Waals surface area (Å²) in [6.45, 7) is 8.09. The Labute approximate surface area is 210 Å². The summed E-state index contributed by atoms with van der Waals surface area (Å²) in [4.78, 5) is 36.5. The van der Waals surface area contributed by atoms with Crippen LogP contribution in [-0.2, 0) is 4.74 Å². The number of carbonyl (C=O) groups excluding carboxylic acids is 2. The Morgan fingerprint density at radius 3 is 2.42 bits per heavy atom. The van der Waals surface area contributed by atoms with Crippen LogP contribution in [0.1, 0.15) is 31.1 Å². The number of ether oxygens (including phenoxy) is 1. The van der Waals surface area contributed by atoms with Crippen LogP contribution in [0.2, 0.25) is 5.15 Å². The second-order valence-electron chi connectivity index (χ2n) is 8.33. The summed E-state index contributed by atoms with van der Waals surface area (Å²) in [5, 5.41) is 3.55. The summed E-state index contributed by atoms with van der Waals surface area (Å²) in [7, 11) is 0. The number of rotatable bonds is 5. The highest BCUT2D eigenvalue weighted by atomic mass is 79.9. The fraction of sp³-hybridized carbons (Fsp3) is 0.429. The highest BCUT2D eigenvalue weighted by Crippen LogP contribution is 2.33. The summed E-state index contributed by atoms with van der Waals surface area (Å²) in [5.74, 6) is -0.475. The van der Waals surface area contributed by atoms with E-state index in [0.717, 1.165) is 10.2 Å². The molecular formula is C21H26BrClN6O3S. The van der Waals surface area contributed by atoms with Gasteiger partial charge in [-0.3, -0.25) is 4.79 Å². The number of aromatic nitrogens is 2. The highest BCUT2D eigenvalue weighted by Gasteiger charge is 2.26. The lowest BCUT2D eigenvalue weighted by atomic mass is 10.2. The van der Waals surface area contributed by atoms with Gasteiger partial charge >= 0.3 is 6.09 Å². The monoisotopic (exact) mass is 556 g/mol. The van der Waals surface area contributed by atoms with Gasteiger partial charge in [0.05, 0.1) is 5.69 Å². The fourth-order valence-corrected chi connectivity index (χ4v) is 4.36. The van der Waals surface area contributed by atoms with E-state index in [1.807, 2.05) is 45.2 Å². The third-order valence-electron chi connectivity index (χ3n) is 4.78. The molecule has 0 radical (unpaired) electrons. The minimum Gasteiger partial charge on any atom is -0.444 e. The topological polar surface area (TPSA) is 114 Å². The molecule has 0 aliphatic carbocycles. The second kappa shape index (κ2) is 10.4. The van der Waals surface area contributed by atoms with Crippen molar-refractivity contribution in [3.05, 3.63) is 33.4 Å². The molecular weight excluding hydrogens is 532 g/mol. The number of piperazine rings is 1. The third kappa shape index (κ3) is 6.42. The first kappa shape index (κ1) is 25.4.